The maximum atomic E-state index is 10.2. The molecule has 1 aliphatic heterocycles. The number of ether oxygens (including phenoxy) is 1. The predicted molar refractivity (Wildman–Crippen MR) is 36.4 cm³/mol. The van der Waals surface area contributed by atoms with Crippen LogP contribution in [0.5, 0.6) is 0 Å². The van der Waals surface area contributed by atoms with E-state index in [1.54, 1.807) is 0 Å². The molecular formula is C6H12N2O2. The van der Waals surface area contributed by atoms with Crippen LogP contribution in [0.3, 0.4) is 0 Å². The van der Waals surface area contributed by atoms with Crippen LogP contribution in [0, 0.1) is 0 Å². The first-order chi connectivity index (χ1) is 4.79. The second kappa shape index (κ2) is 3.53. The fourth-order valence-electron chi connectivity index (χ4n) is 0.753. The number of amides is 1. The van der Waals surface area contributed by atoms with Gasteiger partial charge in [0.25, 0.3) is 0 Å². The molecule has 1 aliphatic rings. The van der Waals surface area contributed by atoms with Crippen LogP contribution in [0.25, 0.3) is 0 Å². The zero-order valence-corrected chi connectivity index (χ0v) is 5.80. The van der Waals surface area contributed by atoms with Gasteiger partial charge in [0.15, 0.2) is 0 Å². The third-order valence-corrected chi connectivity index (χ3v) is 1.44. The Hall–Kier alpha value is -0.610. The number of primary amides is 1. The van der Waals surface area contributed by atoms with E-state index in [1.165, 1.54) is 0 Å². The molecule has 0 aliphatic carbocycles. The average molecular weight is 144 g/mol. The minimum Gasteiger partial charge on any atom is -0.378 e. The van der Waals surface area contributed by atoms with Crippen molar-refractivity contribution in [1.82, 2.24) is 5.32 Å². The molecular weight excluding hydrogens is 132 g/mol. The minimum atomic E-state index is -0.257. The van der Waals surface area contributed by atoms with Crippen molar-refractivity contribution in [2.24, 2.45) is 5.73 Å². The summed E-state index contributed by atoms with van der Waals surface area (Å²) in [4.78, 5) is 10.2. The Bertz CT molecular complexity index is 123. The molecule has 10 heavy (non-hydrogen) atoms. The van der Waals surface area contributed by atoms with Crippen LogP contribution in [0.1, 0.15) is 6.42 Å². The molecule has 0 saturated carbocycles. The second-order valence-corrected chi connectivity index (χ2v) is 2.40. The number of nitrogens with one attached hydrogen (secondary N) is 1. The predicted octanol–water partition coefficient (Wildman–Crippen LogP) is -1.15. The standard InChI is InChI=1S/C6H12N2O2/c7-6(9)1-2-8-5-3-10-4-5/h5,8H,1-4H2,(H2,7,9). The summed E-state index contributed by atoms with van der Waals surface area (Å²) in [5.74, 6) is -0.257. The molecule has 58 valence electrons. The summed E-state index contributed by atoms with van der Waals surface area (Å²) in [6.07, 6.45) is 0.413. The van der Waals surface area contributed by atoms with Gasteiger partial charge in [-0.3, -0.25) is 4.79 Å². The minimum absolute atomic E-state index is 0.257. The van der Waals surface area contributed by atoms with Crippen LogP contribution in [-0.2, 0) is 9.53 Å². The zero-order chi connectivity index (χ0) is 7.40. The summed E-state index contributed by atoms with van der Waals surface area (Å²) >= 11 is 0. The topological polar surface area (TPSA) is 64.4 Å². The third-order valence-electron chi connectivity index (χ3n) is 1.44. The number of carbonyl (C=O) groups is 1. The van der Waals surface area contributed by atoms with E-state index >= 15 is 0 Å². The quantitative estimate of drug-likeness (QED) is 0.523. The van der Waals surface area contributed by atoms with Crippen molar-refractivity contribution in [1.29, 1.82) is 0 Å². The van der Waals surface area contributed by atoms with Crippen LogP contribution < -0.4 is 11.1 Å². The van der Waals surface area contributed by atoms with Gasteiger partial charge in [-0.25, -0.2) is 0 Å². The van der Waals surface area contributed by atoms with Crippen LogP contribution in [0.4, 0.5) is 0 Å². The highest BCUT2D eigenvalue weighted by Crippen LogP contribution is 1.98. The summed E-state index contributed by atoms with van der Waals surface area (Å²) in [7, 11) is 0. The highest BCUT2D eigenvalue weighted by molar-refractivity contribution is 5.73. The first kappa shape index (κ1) is 7.50. The number of hydrogen-bond acceptors (Lipinski definition) is 3. The summed E-state index contributed by atoms with van der Waals surface area (Å²) in [5, 5.41) is 3.12. The smallest absolute Gasteiger partial charge is 0.218 e. The molecule has 1 heterocycles. The first-order valence-electron chi connectivity index (χ1n) is 3.38. The molecule has 0 radical (unpaired) electrons. The lowest BCUT2D eigenvalue weighted by Gasteiger charge is -2.26. The molecule has 0 spiro atoms. The van der Waals surface area contributed by atoms with Gasteiger partial charge >= 0.3 is 0 Å². The maximum Gasteiger partial charge on any atom is 0.218 e. The molecule has 0 aromatic heterocycles. The molecule has 0 atom stereocenters. The Morgan fingerprint density at radius 2 is 2.40 bits per heavy atom. The summed E-state index contributed by atoms with van der Waals surface area (Å²) in [6, 6.07) is 0.444. The third kappa shape index (κ3) is 2.33. The van der Waals surface area contributed by atoms with Crippen molar-refractivity contribution in [2.45, 2.75) is 12.5 Å². The normalized spacial score (nSPS) is 18.4. The van der Waals surface area contributed by atoms with E-state index in [2.05, 4.69) is 5.32 Å². The van der Waals surface area contributed by atoms with E-state index in [9.17, 15) is 4.79 Å². The van der Waals surface area contributed by atoms with Gasteiger partial charge in [0.1, 0.15) is 0 Å². The van der Waals surface area contributed by atoms with Crippen molar-refractivity contribution in [3.63, 3.8) is 0 Å². The van der Waals surface area contributed by atoms with E-state index in [0.717, 1.165) is 13.2 Å². The van der Waals surface area contributed by atoms with Crippen LogP contribution >= 0.6 is 0 Å². The van der Waals surface area contributed by atoms with E-state index in [-0.39, 0.29) is 5.91 Å². The molecule has 0 aromatic carbocycles. The number of rotatable bonds is 4. The molecule has 0 aromatic rings. The Balaban J connectivity index is 1.89. The molecule has 4 nitrogen and oxygen atoms in total. The highest BCUT2D eigenvalue weighted by Gasteiger charge is 2.16. The van der Waals surface area contributed by atoms with Crippen molar-refractivity contribution < 1.29 is 9.53 Å². The zero-order valence-electron chi connectivity index (χ0n) is 5.80. The lowest BCUT2D eigenvalue weighted by atomic mass is 10.2. The van der Waals surface area contributed by atoms with Crippen LogP contribution in [0.15, 0.2) is 0 Å². The summed E-state index contributed by atoms with van der Waals surface area (Å²) in [5.41, 5.74) is 4.93. The van der Waals surface area contributed by atoms with E-state index in [0.29, 0.717) is 19.0 Å². The molecule has 0 bridgehead atoms. The molecule has 4 heteroatoms. The Labute approximate surface area is 59.7 Å². The Kier molecular flexibility index (Phi) is 2.65. The van der Waals surface area contributed by atoms with Crippen molar-refractivity contribution in [3.05, 3.63) is 0 Å². The Morgan fingerprint density at radius 3 is 2.80 bits per heavy atom. The maximum absolute atomic E-state index is 10.2. The fourth-order valence-corrected chi connectivity index (χ4v) is 0.753. The van der Waals surface area contributed by atoms with Crippen LogP contribution in [-0.4, -0.2) is 31.7 Å². The number of hydrogen-bond donors (Lipinski definition) is 2. The van der Waals surface area contributed by atoms with Crippen LogP contribution in [0.2, 0.25) is 0 Å². The van der Waals surface area contributed by atoms with Crippen molar-refractivity contribution in [2.75, 3.05) is 19.8 Å². The number of carbonyl (C=O) groups excluding carboxylic acids is 1. The van der Waals surface area contributed by atoms with E-state index < -0.39 is 0 Å². The number of nitrogens with two attached hydrogens (primary N) is 1. The molecule has 1 fully saturated rings. The molecule has 1 saturated heterocycles. The molecule has 1 rings (SSSR count). The molecule has 3 N–H and O–H groups in total. The van der Waals surface area contributed by atoms with Gasteiger partial charge < -0.3 is 15.8 Å². The Morgan fingerprint density at radius 1 is 1.70 bits per heavy atom. The van der Waals surface area contributed by atoms with Gasteiger partial charge in [-0.1, -0.05) is 0 Å². The SMILES string of the molecule is NC(=O)CCNC1COC1. The summed E-state index contributed by atoms with van der Waals surface area (Å²) in [6.45, 7) is 2.20. The van der Waals surface area contributed by atoms with Crippen molar-refractivity contribution >= 4 is 5.91 Å². The van der Waals surface area contributed by atoms with Gasteiger partial charge in [0.05, 0.1) is 19.3 Å². The van der Waals surface area contributed by atoms with Gasteiger partial charge in [-0.15, -0.1) is 0 Å². The molecule has 1 amide bonds. The highest BCUT2D eigenvalue weighted by atomic mass is 16.5. The lowest BCUT2D eigenvalue weighted by molar-refractivity contribution is -0.118. The largest absolute Gasteiger partial charge is 0.378 e. The van der Waals surface area contributed by atoms with Gasteiger partial charge in [0.2, 0.25) is 5.91 Å². The monoisotopic (exact) mass is 144 g/mol. The van der Waals surface area contributed by atoms with Crippen molar-refractivity contribution in [3.8, 4) is 0 Å². The summed E-state index contributed by atoms with van der Waals surface area (Å²) < 4.78 is 4.91. The molecule has 0 unspecified atom stereocenters. The van der Waals surface area contributed by atoms with E-state index in [4.69, 9.17) is 10.5 Å². The second-order valence-electron chi connectivity index (χ2n) is 2.40. The van der Waals surface area contributed by atoms with Gasteiger partial charge in [0, 0.05) is 13.0 Å². The first-order valence-corrected chi connectivity index (χ1v) is 3.38. The van der Waals surface area contributed by atoms with Gasteiger partial charge in [-0.05, 0) is 0 Å². The van der Waals surface area contributed by atoms with Gasteiger partial charge in [-0.2, -0.15) is 0 Å². The van der Waals surface area contributed by atoms with E-state index in [1.807, 2.05) is 0 Å². The lowest BCUT2D eigenvalue weighted by Crippen LogP contribution is -2.46. The fraction of sp³-hybridized carbons (Fsp3) is 0.833. The average Bonchev–Trinajstić information content (AvgIpc) is 1.75.